The summed E-state index contributed by atoms with van der Waals surface area (Å²) in [6.07, 6.45) is 2.77. The first kappa shape index (κ1) is 12.9. The molecular weight excluding hydrogens is 282 g/mol. The summed E-state index contributed by atoms with van der Waals surface area (Å²) in [4.78, 5) is 0. The minimum Gasteiger partial charge on any atom is -0.496 e. The molecule has 1 unspecified atom stereocenters. The van der Waals surface area contributed by atoms with E-state index in [4.69, 9.17) is 9.47 Å². The molecule has 94 valence electrons. The fourth-order valence-electron chi connectivity index (χ4n) is 2.00. The van der Waals surface area contributed by atoms with Gasteiger partial charge < -0.3 is 14.8 Å². The van der Waals surface area contributed by atoms with E-state index in [0.29, 0.717) is 6.10 Å². The quantitative estimate of drug-likeness (QED) is 0.907. The number of nitrogens with one attached hydrogen (secondary N) is 1. The van der Waals surface area contributed by atoms with Gasteiger partial charge in [0.2, 0.25) is 0 Å². The van der Waals surface area contributed by atoms with Crippen molar-refractivity contribution in [2.75, 3.05) is 20.3 Å². The summed E-state index contributed by atoms with van der Waals surface area (Å²) in [5.74, 6) is 0.868. The van der Waals surface area contributed by atoms with Gasteiger partial charge in [-0.1, -0.05) is 6.07 Å². The number of ether oxygens (including phenoxy) is 2. The van der Waals surface area contributed by atoms with Crippen LogP contribution in [-0.2, 0) is 11.3 Å². The molecule has 0 spiro atoms. The number of hydrogen-bond donors (Lipinski definition) is 1. The highest BCUT2D eigenvalue weighted by atomic mass is 79.9. The lowest BCUT2D eigenvalue weighted by molar-refractivity contribution is 0.110. The van der Waals surface area contributed by atoms with Crippen LogP contribution in [0.4, 0.5) is 0 Å². The molecule has 1 heterocycles. The third-order valence-electron chi connectivity index (χ3n) is 2.94. The standard InChI is InChI=1S/C13H18BrNO2/c1-16-13-5-4-10(7-12(13)14)8-15-9-11-3-2-6-17-11/h4-5,7,11,15H,2-3,6,8-9H2,1H3. The van der Waals surface area contributed by atoms with Gasteiger partial charge in [-0.2, -0.15) is 0 Å². The van der Waals surface area contributed by atoms with Crippen molar-refractivity contribution in [3.05, 3.63) is 28.2 Å². The lowest BCUT2D eigenvalue weighted by atomic mass is 10.2. The summed E-state index contributed by atoms with van der Waals surface area (Å²) in [5.41, 5.74) is 1.25. The molecule has 1 N–H and O–H groups in total. The molecule has 0 amide bonds. The van der Waals surface area contributed by atoms with Crippen molar-refractivity contribution < 1.29 is 9.47 Å². The first-order valence-electron chi connectivity index (χ1n) is 5.94. The molecular formula is C13H18BrNO2. The maximum Gasteiger partial charge on any atom is 0.133 e. The van der Waals surface area contributed by atoms with Crippen LogP contribution in [0.3, 0.4) is 0 Å². The summed E-state index contributed by atoms with van der Waals surface area (Å²) in [6.45, 7) is 2.71. The molecule has 17 heavy (non-hydrogen) atoms. The van der Waals surface area contributed by atoms with Gasteiger partial charge in [0.05, 0.1) is 17.7 Å². The monoisotopic (exact) mass is 299 g/mol. The zero-order valence-electron chi connectivity index (χ0n) is 10.0. The van der Waals surface area contributed by atoms with Crippen LogP contribution in [0.1, 0.15) is 18.4 Å². The average molecular weight is 300 g/mol. The molecule has 1 fully saturated rings. The molecule has 0 bridgehead atoms. The molecule has 0 radical (unpaired) electrons. The van der Waals surface area contributed by atoms with Crippen LogP contribution in [0.5, 0.6) is 5.75 Å². The number of halogens is 1. The minimum absolute atomic E-state index is 0.400. The van der Waals surface area contributed by atoms with Crippen LogP contribution in [0.2, 0.25) is 0 Å². The molecule has 1 aromatic carbocycles. The van der Waals surface area contributed by atoms with Gasteiger partial charge in [-0.3, -0.25) is 0 Å². The van der Waals surface area contributed by atoms with E-state index >= 15 is 0 Å². The molecule has 1 aromatic rings. The van der Waals surface area contributed by atoms with E-state index in [1.165, 1.54) is 18.4 Å². The Morgan fingerprint density at radius 1 is 1.53 bits per heavy atom. The van der Waals surface area contributed by atoms with E-state index in [0.717, 1.165) is 29.9 Å². The minimum atomic E-state index is 0.400. The number of benzene rings is 1. The number of methoxy groups -OCH3 is 1. The molecule has 1 aliphatic heterocycles. The molecule has 0 saturated carbocycles. The van der Waals surface area contributed by atoms with Crippen LogP contribution in [0.25, 0.3) is 0 Å². The third-order valence-corrected chi connectivity index (χ3v) is 3.56. The predicted molar refractivity (Wildman–Crippen MR) is 71.4 cm³/mol. The van der Waals surface area contributed by atoms with Crippen molar-refractivity contribution in [3.8, 4) is 5.75 Å². The highest BCUT2D eigenvalue weighted by Crippen LogP contribution is 2.25. The Hall–Kier alpha value is -0.580. The van der Waals surface area contributed by atoms with E-state index in [9.17, 15) is 0 Å². The second kappa shape index (κ2) is 6.38. The lowest BCUT2D eigenvalue weighted by Crippen LogP contribution is -2.25. The van der Waals surface area contributed by atoms with E-state index in [2.05, 4.69) is 33.4 Å². The molecule has 1 aliphatic rings. The average Bonchev–Trinajstić information content (AvgIpc) is 2.82. The van der Waals surface area contributed by atoms with Crippen molar-refractivity contribution in [1.82, 2.24) is 5.32 Å². The maximum atomic E-state index is 5.56. The van der Waals surface area contributed by atoms with Gasteiger partial charge in [-0.15, -0.1) is 0 Å². The second-order valence-corrected chi connectivity index (χ2v) is 5.09. The zero-order chi connectivity index (χ0) is 12.1. The Balaban J connectivity index is 1.80. The normalized spacial score (nSPS) is 19.5. The largest absolute Gasteiger partial charge is 0.496 e. The fraction of sp³-hybridized carbons (Fsp3) is 0.538. The van der Waals surface area contributed by atoms with Gasteiger partial charge in [-0.05, 0) is 46.5 Å². The SMILES string of the molecule is COc1ccc(CNCC2CCCO2)cc1Br. The summed E-state index contributed by atoms with van der Waals surface area (Å²) in [7, 11) is 1.68. The van der Waals surface area contributed by atoms with Gasteiger partial charge in [0, 0.05) is 19.7 Å². The van der Waals surface area contributed by atoms with E-state index in [1.54, 1.807) is 7.11 Å². The molecule has 1 atom stereocenters. The van der Waals surface area contributed by atoms with Gasteiger partial charge >= 0.3 is 0 Å². The Bertz CT molecular complexity index is 364. The smallest absolute Gasteiger partial charge is 0.133 e. The molecule has 1 saturated heterocycles. The lowest BCUT2D eigenvalue weighted by Gasteiger charge is -2.11. The Morgan fingerprint density at radius 2 is 2.41 bits per heavy atom. The maximum absolute atomic E-state index is 5.56. The van der Waals surface area contributed by atoms with Crippen molar-refractivity contribution in [2.45, 2.75) is 25.5 Å². The summed E-state index contributed by atoms with van der Waals surface area (Å²) in [6, 6.07) is 6.14. The van der Waals surface area contributed by atoms with Crippen LogP contribution in [-0.4, -0.2) is 26.4 Å². The van der Waals surface area contributed by atoms with E-state index in [1.807, 2.05) is 6.07 Å². The predicted octanol–water partition coefficient (Wildman–Crippen LogP) is 2.73. The molecule has 0 aliphatic carbocycles. The van der Waals surface area contributed by atoms with Gasteiger partial charge in [-0.25, -0.2) is 0 Å². The first-order chi connectivity index (χ1) is 8.29. The Morgan fingerprint density at radius 3 is 3.06 bits per heavy atom. The second-order valence-electron chi connectivity index (χ2n) is 4.23. The van der Waals surface area contributed by atoms with Gasteiger partial charge in [0.15, 0.2) is 0 Å². The van der Waals surface area contributed by atoms with Gasteiger partial charge in [0.1, 0.15) is 5.75 Å². The number of hydrogen-bond acceptors (Lipinski definition) is 3. The summed E-state index contributed by atoms with van der Waals surface area (Å²) < 4.78 is 11.8. The van der Waals surface area contributed by atoms with Crippen molar-refractivity contribution in [1.29, 1.82) is 0 Å². The molecule has 2 rings (SSSR count). The first-order valence-corrected chi connectivity index (χ1v) is 6.73. The fourth-order valence-corrected chi connectivity index (χ4v) is 2.59. The highest BCUT2D eigenvalue weighted by Gasteiger charge is 2.14. The summed E-state index contributed by atoms with van der Waals surface area (Å²) in [5, 5.41) is 3.42. The topological polar surface area (TPSA) is 30.5 Å². The third kappa shape index (κ3) is 3.69. The molecule has 4 heteroatoms. The van der Waals surface area contributed by atoms with Crippen molar-refractivity contribution in [2.24, 2.45) is 0 Å². The van der Waals surface area contributed by atoms with Crippen LogP contribution < -0.4 is 10.1 Å². The van der Waals surface area contributed by atoms with Crippen molar-refractivity contribution in [3.63, 3.8) is 0 Å². The summed E-state index contributed by atoms with van der Waals surface area (Å²) >= 11 is 3.49. The zero-order valence-corrected chi connectivity index (χ0v) is 11.6. The number of rotatable bonds is 5. The van der Waals surface area contributed by atoms with Crippen LogP contribution >= 0.6 is 15.9 Å². The van der Waals surface area contributed by atoms with Crippen LogP contribution in [0, 0.1) is 0 Å². The van der Waals surface area contributed by atoms with Gasteiger partial charge in [0.25, 0.3) is 0 Å². The Kier molecular flexibility index (Phi) is 4.83. The van der Waals surface area contributed by atoms with E-state index < -0.39 is 0 Å². The van der Waals surface area contributed by atoms with E-state index in [-0.39, 0.29) is 0 Å². The molecule has 0 aromatic heterocycles. The Labute approximate surface area is 111 Å². The van der Waals surface area contributed by atoms with Crippen LogP contribution in [0.15, 0.2) is 22.7 Å². The van der Waals surface area contributed by atoms with Crippen molar-refractivity contribution >= 4 is 15.9 Å². The molecule has 3 nitrogen and oxygen atoms in total. The highest BCUT2D eigenvalue weighted by molar-refractivity contribution is 9.10.